The molecule has 1 atom stereocenters. The van der Waals surface area contributed by atoms with Crippen molar-refractivity contribution in [1.82, 2.24) is 0 Å². The highest BCUT2D eigenvalue weighted by molar-refractivity contribution is 5.99. The SMILES string of the molecule is CC(C)CC(C(=O)O)C(=O)C(C)C. The van der Waals surface area contributed by atoms with Gasteiger partial charge in [0.15, 0.2) is 0 Å². The molecule has 0 rings (SSSR count). The van der Waals surface area contributed by atoms with Crippen molar-refractivity contribution < 1.29 is 14.7 Å². The predicted octanol–water partition coefficient (Wildman–Crippen LogP) is 1.96. The summed E-state index contributed by atoms with van der Waals surface area (Å²) in [5, 5.41) is 8.82. The van der Waals surface area contributed by atoms with Crippen LogP contribution in [0.25, 0.3) is 0 Å². The van der Waals surface area contributed by atoms with Crippen LogP contribution in [0.5, 0.6) is 0 Å². The maximum Gasteiger partial charge on any atom is 0.314 e. The molecule has 1 N–H and O–H groups in total. The number of ketones is 1. The van der Waals surface area contributed by atoms with E-state index in [2.05, 4.69) is 0 Å². The molecule has 0 saturated carbocycles. The predicted molar refractivity (Wildman–Crippen MR) is 50.4 cm³/mol. The number of carbonyl (C=O) groups is 2. The van der Waals surface area contributed by atoms with E-state index in [0.717, 1.165) is 0 Å². The third-order valence-electron chi connectivity index (χ3n) is 1.92. The zero-order chi connectivity index (χ0) is 10.6. The van der Waals surface area contributed by atoms with Gasteiger partial charge in [0.2, 0.25) is 0 Å². The van der Waals surface area contributed by atoms with Gasteiger partial charge in [-0.25, -0.2) is 0 Å². The summed E-state index contributed by atoms with van der Waals surface area (Å²) in [6.07, 6.45) is 0.437. The molecule has 0 bridgehead atoms. The Labute approximate surface area is 79.1 Å². The number of carboxylic acids is 1. The zero-order valence-corrected chi connectivity index (χ0v) is 8.70. The second kappa shape index (κ2) is 5.00. The summed E-state index contributed by atoms with van der Waals surface area (Å²) in [5.74, 6) is -1.93. The van der Waals surface area contributed by atoms with Gasteiger partial charge < -0.3 is 5.11 Å². The van der Waals surface area contributed by atoms with E-state index in [1.54, 1.807) is 13.8 Å². The van der Waals surface area contributed by atoms with Gasteiger partial charge in [0.1, 0.15) is 11.7 Å². The molecule has 0 aliphatic rings. The van der Waals surface area contributed by atoms with Crippen LogP contribution in [0.15, 0.2) is 0 Å². The van der Waals surface area contributed by atoms with Gasteiger partial charge in [-0.2, -0.15) is 0 Å². The first-order chi connectivity index (χ1) is 5.86. The van der Waals surface area contributed by atoms with Crippen LogP contribution in [0.2, 0.25) is 0 Å². The third kappa shape index (κ3) is 4.06. The molecule has 0 aliphatic heterocycles. The van der Waals surface area contributed by atoms with Crippen molar-refractivity contribution in [2.24, 2.45) is 17.8 Å². The van der Waals surface area contributed by atoms with Crippen LogP contribution in [0, 0.1) is 17.8 Å². The monoisotopic (exact) mass is 186 g/mol. The fourth-order valence-electron chi connectivity index (χ4n) is 1.21. The Balaban J connectivity index is 4.43. The van der Waals surface area contributed by atoms with Gasteiger partial charge in [-0.05, 0) is 12.3 Å². The smallest absolute Gasteiger partial charge is 0.314 e. The van der Waals surface area contributed by atoms with Crippen LogP contribution in [0.3, 0.4) is 0 Å². The number of aliphatic carboxylic acids is 1. The molecule has 76 valence electrons. The molecule has 3 nitrogen and oxygen atoms in total. The maximum absolute atomic E-state index is 11.4. The second-order valence-electron chi connectivity index (χ2n) is 4.08. The lowest BCUT2D eigenvalue weighted by Gasteiger charge is -2.15. The van der Waals surface area contributed by atoms with Gasteiger partial charge in [-0.15, -0.1) is 0 Å². The molecule has 0 aromatic carbocycles. The largest absolute Gasteiger partial charge is 0.481 e. The number of rotatable bonds is 5. The molecule has 0 heterocycles. The molecule has 13 heavy (non-hydrogen) atoms. The van der Waals surface area contributed by atoms with Gasteiger partial charge in [0, 0.05) is 5.92 Å². The molecule has 0 aliphatic carbocycles. The Morgan fingerprint density at radius 1 is 1.15 bits per heavy atom. The average Bonchev–Trinajstić information content (AvgIpc) is 1.97. The summed E-state index contributed by atoms with van der Waals surface area (Å²) < 4.78 is 0. The highest BCUT2D eigenvalue weighted by Crippen LogP contribution is 2.16. The Hall–Kier alpha value is -0.860. The first-order valence-electron chi connectivity index (χ1n) is 4.62. The number of carbonyl (C=O) groups excluding carboxylic acids is 1. The molecule has 0 aromatic rings. The molecule has 0 saturated heterocycles. The van der Waals surface area contributed by atoms with Crippen LogP contribution in [-0.4, -0.2) is 16.9 Å². The van der Waals surface area contributed by atoms with Crippen LogP contribution in [0.1, 0.15) is 34.1 Å². The summed E-state index contributed by atoms with van der Waals surface area (Å²) in [4.78, 5) is 22.2. The van der Waals surface area contributed by atoms with Crippen molar-refractivity contribution in [1.29, 1.82) is 0 Å². The topological polar surface area (TPSA) is 54.4 Å². The van der Waals surface area contributed by atoms with Gasteiger partial charge in [-0.1, -0.05) is 27.7 Å². The standard InChI is InChI=1S/C10H18O3/c1-6(2)5-8(10(12)13)9(11)7(3)4/h6-8H,5H2,1-4H3,(H,12,13). The number of hydrogen-bond acceptors (Lipinski definition) is 2. The van der Waals surface area contributed by atoms with Gasteiger partial charge in [0.25, 0.3) is 0 Å². The van der Waals surface area contributed by atoms with Crippen molar-refractivity contribution in [2.75, 3.05) is 0 Å². The third-order valence-corrected chi connectivity index (χ3v) is 1.92. The number of hydrogen-bond donors (Lipinski definition) is 1. The van der Waals surface area contributed by atoms with Crippen LogP contribution >= 0.6 is 0 Å². The van der Waals surface area contributed by atoms with Crippen molar-refractivity contribution in [3.8, 4) is 0 Å². The minimum Gasteiger partial charge on any atom is -0.481 e. The number of Topliss-reactive ketones (excluding diaryl/α,β-unsaturated/α-hetero) is 1. The van der Waals surface area contributed by atoms with Crippen molar-refractivity contribution >= 4 is 11.8 Å². The fraction of sp³-hybridized carbons (Fsp3) is 0.800. The van der Waals surface area contributed by atoms with Crippen LogP contribution < -0.4 is 0 Å². The minimum absolute atomic E-state index is 0.166. The van der Waals surface area contributed by atoms with Crippen LogP contribution in [-0.2, 0) is 9.59 Å². The van der Waals surface area contributed by atoms with Crippen molar-refractivity contribution in [3.05, 3.63) is 0 Å². The maximum atomic E-state index is 11.4. The Bertz CT molecular complexity index is 194. The van der Waals surface area contributed by atoms with E-state index < -0.39 is 11.9 Å². The number of carboxylic acid groups (broad SMARTS) is 1. The van der Waals surface area contributed by atoms with Crippen LogP contribution in [0.4, 0.5) is 0 Å². The molecule has 0 spiro atoms. The molecule has 3 heteroatoms. The molecular formula is C10H18O3. The van der Waals surface area contributed by atoms with Crippen molar-refractivity contribution in [2.45, 2.75) is 34.1 Å². The Morgan fingerprint density at radius 3 is 1.85 bits per heavy atom. The molecule has 0 amide bonds. The second-order valence-corrected chi connectivity index (χ2v) is 4.08. The Kier molecular flexibility index (Phi) is 4.67. The van der Waals surface area contributed by atoms with E-state index >= 15 is 0 Å². The highest BCUT2D eigenvalue weighted by atomic mass is 16.4. The summed E-state index contributed by atoms with van der Waals surface area (Å²) in [7, 11) is 0. The van der Waals surface area contributed by atoms with E-state index in [4.69, 9.17) is 5.11 Å². The molecular weight excluding hydrogens is 168 g/mol. The summed E-state index contributed by atoms with van der Waals surface area (Å²) in [6.45, 7) is 7.31. The summed E-state index contributed by atoms with van der Waals surface area (Å²) >= 11 is 0. The lowest BCUT2D eigenvalue weighted by atomic mass is 9.88. The zero-order valence-electron chi connectivity index (χ0n) is 8.70. The normalized spacial score (nSPS) is 13.4. The fourth-order valence-corrected chi connectivity index (χ4v) is 1.21. The minimum atomic E-state index is -0.993. The lowest BCUT2D eigenvalue weighted by molar-refractivity contribution is -0.148. The van der Waals surface area contributed by atoms with Gasteiger partial charge in [-0.3, -0.25) is 9.59 Å². The highest BCUT2D eigenvalue weighted by Gasteiger charge is 2.28. The molecule has 1 unspecified atom stereocenters. The van der Waals surface area contributed by atoms with Crippen molar-refractivity contribution in [3.63, 3.8) is 0 Å². The van der Waals surface area contributed by atoms with E-state index in [-0.39, 0.29) is 17.6 Å². The van der Waals surface area contributed by atoms with E-state index in [0.29, 0.717) is 6.42 Å². The molecule has 0 aromatic heterocycles. The summed E-state index contributed by atoms with van der Waals surface area (Å²) in [6, 6.07) is 0. The first kappa shape index (κ1) is 12.1. The molecule has 0 radical (unpaired) electrons. The van der Waals surface area contributed by atoms with E-state index in [9.17, 15) is 9.59 Å². The quantitative estimate of drug-likeness (QED) is 0.668. The van der Waals surface area contributed by atoms with Gasteiger partial charge >= 0.3 is 5.97 Å². The average molecular weight is 186 g/mol. The summed E-state index contributed by atoms with van der Waals surface area (Å²) in [5.41, 5.74) is 0. The first-order valence-corrected chi connectivity index (χ1v) is 4.62. The van der Waals surface area contributed by atoms with E-state index in [1.807, 2.05) is 13.8 Å². The van der Waals surface area contributed by atoms with E-state index in [1.165, 1.54) is 0 Å². The molecule has 0 fully saturated rings. The lowest BCUT2D eigenvalue weighted by Crippen LogP contribution is -2.28. The Morgan fingerprint density at radius 2 is 1.62 bits per heavy atom. The van der Waals surface area contributed by atoms with Gasteiger partial charge in [0.05, 0.1) is 0 Å².